The van der Waals surface area contributed by atoms with Gasteiger partial charge in [0.05, 0.1) is 6.61 Å². The number of rotatable bonds is 5. The summed E-state index contributed by atoms with van der Waals surface area (Å²) < 4.78 is 4.87. The van der Waals surface area contributed by atoms with Crippen molar-refractivity contribution in [2.24, 2.45) is 5.92 Å². The molecule has 0 spiro atoms. The normalized spacial score (nSPS) is 12.2. The molecule has 0 unspecified atom stereocenters. The minimum atomic E-state index is -0.900. The van der Waals surface area contributed by atoms with Crippen LogP contribution in [0.3, 0.4) is 0 Å². The standard InChI is InChI=1S/C9H16O3/c1-7(2)4-8(6-12-3)5-9(10)11/h5,7H,4,6H2,1-3H3,(H,10,11)/b8-5-. The first-order valence-electron chi connectivity index (χ1n) is 3.97. The molecule has 12 heavy (non-hydrogen) atoms. The maximum atomic E-state index is 10.3. The van der Waals surface area contributed by atoms with Gasteiger partial charge in [-0.25, -0.2) is 4.79 Å². The van der Waals surface area contributed by atoms with E-state index in [4.69, 9.17) is 9.84 Å². The Kier molecular flexibility index (Phi) is 5.37. The Morgan fingerprint density at radius 2 is 2.17 bits per heavy atom. The highest BCUT2D eigenvalue weighted by Crippen LogP contribution is 2.10. The number of carboxylic acids is 1. The first-order chi connectivity index (χ1) is 5.56. The van der Waals surface area contributed by atoms with Crippen LogP contribution in [0.25, 0.3) is 0 Å². The van der Waals surface area contributed by atoms with Gasteiger partial charge in [0.25, 0.3) is 0 Å². The third kappa shape index (κ3) is 5.92. The molecule has 0 rings (SSSR count). The lowest BCUT2D eigenvalue weighted by molar-refractivity contribution is -0.131. The summed E-state index contributed by atoms with van der Waals surface area (Å²) in [6, 6.07) is 0. The fourth-order valence-corrected chi connectivity index (χ4v) is 1.04. The van der Waals surface area contributed by atoms with Gasteiger partial charge in [0, 0.05) is 13.2 Å². The van der Waals surface area contributed by atoms with Gasteiger partial charge in [-0.15, -0.1) is 0 Å². The summed E-state index contributed by atoms with van der Waals surface area (Å²) in [4.78, 5) is 10.3. The van der Waals surface area contributed by atoms with Gasteiger partial charge in [-0.1, -0.05) is 13.8 Å². The lowest BCUT2D eigenvalue weighted by Gasteiger charge is -2.07. The zero-order valence-corrected chi connectivity index (χ0v) is 7.83. The molecule has 0 saturated carbocycles. The quantitative estimate of drug-likeness (QED) is 0.642. The number of carbonyl (C=O) groups is 1. The minimum Gasteiger partial charge on any atom is -0.478 e. The highest BCUT2D eigenvalue weighted by Gasteiger charge is 2.02. The van der Waals surface area contributed by atoms with Crippen molar-refractivity contribution in [2.75, 3.05) is 13.7 Å². The van der Waals surface area contributed by atoms with Gasteiger partial charge < -0.3 is 9.84 Å². The Morgan fingerprint density at radius 1 is 1.58 bits per heavy atom. The highest BCUT2D eigenvalue weighted by molar-refractivity contribution is 5.80. The van der Waals surface area contributed by atoms with Crippen LogP contribution in [0.2, 0.25) is 0 Å². The van der Waals surface area contributed by atoms with Gasteiger partial charge >= 0.3 is 5.97 Å². The van der Waals surface area contributed by atoms with Crippen molar-refractivity contribution < 1.29 is 14.6 Å². The summed E-state index contributed by atoms with van der Waals surface area (Å²) >= 11 is 0. The molecule has 1 N–H and O–H groups in total. The molecule has 0 aliphatic rings. The number of hydrogen-bond acceptors (Lipinski definition) is 2. The lowest BCUT2D eigenvalue weighted by Crippen LogP contribution is -2.02. The van der Waals surface area contributed by atoms with Gasteiger partial charge in [-0.2, -0.15) is 0 Å². The van der Waals surface area contributed by atoms with Crippen LogP contribution < -0.4 is 0 Å². The van der Waals surface area contributed by atoms with E-state index >= 15 is 0 Å². The van der Waals surface area contributed by atoms with E-state index in [1.165, 1.54) is 6.08 Å². The van der Waals surface area contributed by atoms with Crippen LogP contribution in [0.5, 0.6) is 0 Å². The van der Waals surface area contributed by atoms with Crippen molar-refractivity contribution >= 4 is 5.97 Å². The summed E-state index contributed by atoms with van der Waals surface area (Å²) in [6.45, 7) is 4.50. The molecular weight excluding hydrogens is 156 g/mol. The number of methoxy groups -OCH3 is 1. The average molecular weight is 172 g/mol. The minimum absolute atomic E-state index is 0.407. The van der Waals surface area contributed by atoms with Crippen LogP contribution in [0.4, 0.5) is 0 Å². The van der Waals surface area contributed by atoms with Crippen LogP contribution in [0.1, 0.15) is 20.3 Å². The summed E-state index contributed by atoms with van der Waals surface area (Å²) in [5, 5.41) is 8.49. The van der Waals surface area contributed by atoms with Crippen molar-refractivity contribution in [3.05, 3.63) is 11.6 Å². The van der Waals surface area contributed by atoms with Crippen molar-refractivity contribution in [3.8, 4) is 0 Å². The predicted octanol–water partition coefficient (Wildman–Crippen LogP) is 1.69. The molecule has 0 amide bonds. The van der Waals surface area contributed by atoms with E-state index in [0.29, 0.717) is 12.5 Å². The second-order valence-electron chi connectivity index (χ2n) is 3.17. The van der Waals surface area contributed by atoms with Crippen molar-refractivity contribution in [1.82, 2.24) is 0 Å². The monoisotopic (exact) mass is 172 g/mol. The second-order valence-corrected chi connectivity index (χ2v) is 3.17. The first-order valence-corrected chi connectivity index (χ1v) is 3.97. The molecule has 0 aliphatic carbocycles. The van der Waals surface area contributed by atoms with E-state index in [1.807, 2.05) is 13.8 Å². The highest BCUT2D eigenvalue weighted by atomic mass is 16.5. The number of carboxylic acid groups (broad SMARTS) is 1. The molecule has 3 heteroatoms. The fraction of sp³-hybridized carbons (Fsp3) is 0.667. The maximum Gasteiger partial charge on any atom is 0.328 e. The molecule has 0 fully saturated rings. The summed E-state index contributed by atoms with van der Waals surface area (Å²) in [5.74, 6) is -0.437. The molecule has 0 aliphatic heterocycles. The zero-order chi connectivity index (χ0) is 9.56. The van der Waals surface area contributed by atoms with Crippen molar-refractivity contribution in [1.29, 1.82) is 0 Å². The van der Waals surface area contributed by atoms with Gasteiger partial charge in [-0.3, -0.25) is 0 Å². The van der Waals surface area contributed by atoms with Gasteiger partial charge in [0.2, 0.25) is 0 Å². The molecule has 0 bridgehead atoms. The lowest BCUT2D eigenvalue weighted by atomic mass is 10.0. The number of hydrogen-bond donors (Lipinski definition) is 1. The average Bonchev–Trinajstić information content (AvgIpc) is 1.84. The fourth-order valence-electron chi connectivity index (χ4n) is 1.04. The SMILES string of the molecule is COC/C(=C\C(=O)O)CC(C)C. The van der Waals surface area contributed by atoms with E-state index in [2.05, 4.69) is 0 Å². The molecule has 0 radical (unpaired) electrons. The molecule has 0 aromatic carbocycles. The van der Waals surface area contributed by atoms with E-state index in [1.54, 1.807) is 7.11 Å². The molecule has 0 atom stereocenters. The third-order valence-corrected chi connectivity index (χ3v) is 1.33. The largest absolute Gasteiger partial charge is 0.478 e. The Labute approximate surface area is 73.0 Å². The molecular formula is C9H16O3. The Morgan fingerprint density at radius 3 is 2.50 bits per heavy atom. The molecule has 70 valence electrons. The van der Waals surface area contributed by atoms with Crippen molar-refractivity contribution in [2.45, 2.75) is 20.3 Å². The topological polar surface area (TPSA) is 46.5 Å². The van der Waals surface area contributed by atoms with Crippen LogP contribution in [-0.2, 0) is 9.53 Å². The van der Waals surface area contributed by atoms with E-state index < -0.39 is 5.97 Å². The van der Waals surface area contributed by atoms with Crippen LogP contribution in [0.15, 0.2) is 11.6 Å². The van der Waals surface area contributed by atoms with Gasteiger partial charge in [0.1, 0.15) is 0 Å². The molecule has 3 nitrogen and oxygen atoms in total. The summed E-state index contributed by atoms with van der Waals surface area (Å²) in [6.07, 6.45) is 2.00. The Bertz CT molecular complexity index is 171. The van der Waals surface area contributed by atoms with Crippen molar-refractivity contribution in [3.63, 3.8) is 0 Å². The van der Waals surface area contributed by atoms with Crippen LogP contribution in [-0.4, -0.2) is 24.8 Å². The summed E-state index contributed by atoms with van der Waals surface area (Å²) in [7, 11) is 1.57. The Balaban J connectivity index is 4.12. The van der Waals surface area contributed by atoms with Gasteiger partial charge in [-0.05, 0) is 17.9 Å². The smallest absolute Gasteiger partial charge is 0.328 e. The Hall–Kier alpha value is -0.830. The first kappa shape index (κ1) is 11.2. The summed E-state index contributed by atoms with van der Waals surface area (Å²) in [5.41, 5.74) is 0.833. The number of ether oxygens (including phenoxy) is 1. The predicted molar refractivity (Wildman–Crippen MR) is 47.0 cm³/mol. The molecule has 0 aromatic heterocycles. The number of aliphatic carboxylic acids is 1. The molecule has 0 aromatic rings. The van der Waals surface area contributed by atoms with Gasteiger partial charge in [0.15, 0.2) is 0 Å². The molecule has 0 saturated heterocycles. The van der Waals surface area contributed by atoms with Crippen LogP contribution in [0, 0.1) is 5.92 Å². The third-order valence-electron chi connectivity index (χ3n) is 1.33. The zero-order valence-electron chi connectivity index (χ0n) is 7.83. The van der Waals surface area contributed by atoms with Crippen LogP contribution >= 0.6 is 0 Å². The second kappa shape index (κ2) is 5.77. The van der Waals surface area contributed by atoms with E-state index in [-0.39, 0.29) is 0 Å². The van der Waals surface area contributed by atoms with E-state index in [0.717, 1.165) is 12.0 Å². The maximum absolute atomic E-state index is 10.3. The molecule has 0 heterocycles. The van der Waals surface area contributed by atoms with E-state index in [9.17, 15) is 4.79 Å².